The summed E-state index contributed by atoms with van der Waals surface area (Å²) in [6.07, 6.45) is 5.55. The molecule has 2 aliphatic rings. The van der Waals surface area contributed by atoms with Crippen LogP contribution in [0.2, 0.25) is 0 Å². The zero-order valence-electron chi connectivity index (χ0n) is 12.5. The molecule has 3 heterocycles. The van der Waals surface area contributed by atoms with Crippen molar-refractivity contribution in [2.45, 2.75) is 50.1 Å². The minimum absolute atomic E-state index is 0.0587. The zero-order valence-corrected chi connectivity index (χ0v) is 12.5. The molecule has 0 spiro atoms. The molecule has 3 N–H and O–H groups in total. The molecule has 1 saturated heterocycles. The minimum atomic E-state index is -2.57. The summed E-state index contributed by atoms with van der Waals surface area (Å²) in [5, 5.41) is 7.79. The average molecular weight is 306 g/mol. The molecule has 22 heavy (non-hydrogen) atoms. The first kappa shape index (κ1) is 13.9. The number of aromatic nitrogens is 2. The highest BCUT2D eigenvalue weighted by Gasteiger charge is 2.58. The summed E-state index contributed by atoms with van der Waals surface area (Å²) in [6, 6.07) is 2.76. The normalized spacial score (nSPS) is 30.4. The number of nitrogens with zero attached hydrogens (tertiary/aromatic N) is 1. The lowest BCUT2D eigenvalue weighted by Gasteiger charge is -2.29. The zero-order chi connectivity index (χ0) is 15.3. The number of rotatable bonds is 3. The van der Waals surface area contributed by atoms with Crippen molar-refractivity contribution in [3.05, 3.63) is 24.0 Å². The molecular weight excluding hydrogens is 286 g/mol. The van der Waals surface area contributed by atoms with Gasteiger partial charge in [0.15, 0.2) is 0 Å². The molecule has 2 aromatic rings. The molecule has 3 atom stereocenters. The second kappa shape index (κ2) is 4.91. The molecule has 1 saturated carbocycles. The van der Waals surface area contributed by atoms with E-state index in [0.29, 0.717) is 23.3 Å². The fourth-order valence-corrected chi connectivity index (χ4v) is 3.37. The van der Waals surface area contributed by atoms with Gasteiger partial charge in [0.2, 0.25) is 0 Å². The highest BCUT2D eigenvalue weighted by Crippen LogP contribution is 2.57. The third-order valence-electron chi connectivity index (χ3n) is 4.83. The molecule has 0 radical (unpaired) electrons. The number of piperidine rings is 1. The third-order valence-corrected chi connectivity index (χ3v) is 4.83. The molecule has 2 fully saturated rings. The summed E-state index contributed by atoms with van der Waals surface area (Å²) in [6.45, 7) is 3.07. The number of H-pyrrole nitrogens is 1. The summed E-state index contributed by atoms with van der Waals surface area (Å²) in [7, 11) is 0. The maximum atomic E-state index is 13.5. The minimum Gasteiger partial charge on any atom is -0.380 e. The maximum absolute atomic E-state index is 13.5. The molecule has 4 rings (SSSR count). The molecule has 4 nitrogen and oxygen atoms in total. The van der Waals surface area contributed by atoms with Gasteiger partial charge in [-0.25, -0.2) is 13.8 Å². The van der Waals surface area contributed by atoms with Crippen LogP contribution in [0.1, 0.15) is 37.7 Å². The van der Waals surface area contributed by atoms with Crippen molar-refractivity contribution < 1.29 is 8.78 Å². The molecule has 0 amide bonds. The van der Waals surface area contributed by atoms with Crippen molar-refractivity contribution in [2.75, 3.05) is 11.9 Å². The van der Waals surface area contributed by atoms with Crippen LogP contribution in [0.4, 0.5) is 14.5 Å². The molecule has 1 aliphatic carbocycles. The van der Waals surface area contributed by atoms with Crippen molar-refractivity contribution in [1.82, 2.24) is 15.3 Å². The van der Waals surface area contributed by atoms with Crippen LogP contribution < -0.4 is 10.6 Å². The van der Waals surface area contributed by atoms with E-state index in [2.05, 4.69) is 27.5 Å². The fraction of sp³-hybridized carbons (Fsp3) is 0.562. The molecule has 118 valence electrons. The van der Waals surface area contributed by atoms with Crippen molar-refractivity contribution in [3.63, 3.8) is 0 Å². The number of hydrogen-bond acceptors (Lipinski definition) is 3. The van der Waals surface area contributed by atoms with Crippen molar-refractivity contribution >= 4 is 16.7 Å². The van der Waals surface area contributed by atoms with Crippen LogP contribution in [0.25, 0.3) is 11.0 Å². The van der Waals surface area contributed by atoms with Crippen LogP contribution in [0, 0.1) is 0 Å². The monoisotopic (exact) mass is 306 g/mol. The lowest BCUT2D eigenvalue weighted by Crippen LogP contribution is -2.43. The predicted octanol–water partition coefficient (Wildman–Crippen LogP) is 3.24. The largest absolute Gasteiger partial charge is 0.380 e. The van der Waals surface area contributed by atoms with Crippen molar-refractivity contribution in [1.29, 1.82) is 0 Å². The molecule has 0 aromatic carbocycles. The lowest BCUT2D eigenvalue weighted by molar-refractivity contribution is 0.112. The van der Waals surface area contributed by atoms with E-state index in [1.165, 1.54) is 0 Å². The fourth-order valence-electron chi connectivity index (χ4n) is 3.37. The van der Waals surface area contributed by atoms with E-state index in [4.69, 9.17) is 0 Å². The number of pyridine rings is 1. The van der Waals surface area contributed by atoms with Crippen LogP contribution in [-0.2, 0) is 0 Å². The van der Waals surface area contributed by atoms with Gasteiger partial charge in [-0.1, -0.05) is 0 Å². The van der Waals surface area contributed by atoms with Crippen LogP contribution in [0.5, 0.6) is 0 Å². The predicted molar refractivity (Wildman–Crippen MR) is 82.5 cm³/mol. The molecule has 6 heteroatoms. The van der Waals surface area contributed by atoms with Gasteiger partial charge in [-0.2, -0.15) is 0 Å². The second-order valence-electron chi connectivity index (χ2n) is 6.57. The number of alkyl halides is 2. The molecule has 1 aliphatic heterocycles. The smallest absolute Gasteiger partial charge is 0.256 e. The standard InChI is InChI=1S/C16H20F2N4/c1-9-2-3-10(7-20-9)22-13-4-5-19-15-14(13)11(8-21-15)12-6-16(12,17)18/h4-5,8-10,12,20H,2-3,6-7H2,1H3,(H2,19,21,22). The highest BCUT2D eigenvalue weighted by molar-refractivity contribution is 5.93. The van der Waals surface area contributed by atoms with E-state index < -0.39 is 11.8 Å². The molecule has 0 bridgehead atoms. The number of hydrogen-bond donors (Lipinski definition) is 3. The maximum Gasteiger partial charge on any atom is 0.256 e. The van der Waals surface area contributed by atoms with E-state index in [0.717, 1.165) is 30.5 Å². The number of anilines is 1. The number of nitrogens with one attached hydrogen (secondary N) is 3. The lowest BCUT2D eigenvalue weighted by atomic mass is 10.0. The quantitative estimate of drug-likeness (QED) is 0.816. The first-order valence-corrected chi connectivity index (χ1v) is 7.88. The number of aromatic amines is 1. The summed E-state index contributed by atoms with van der Waals surface area (Å²) >= 11 is 0. The Kier molecular flexibility index (Phi) is 3.11. The third kappa shape index (κ3) is 2.35. The van der Waals surface area contributed by atoms with Crippen LogP contribution in [0.15, 0.2) is 18.5 Å². The van der Waals surface area contributed by atoms with Gasteiger partial charge in [0.1, 0.15) is 5.65 Å². The molecule has 2 aromatic heterocycles. The second-order valence-corrected chi connectivity index (χ2v) is 6.57. The Morgan fingerprint density at radius 3 is 2.86 bits per heavy atom. The first-order chi connectivity index (χ1) is 10.5. The van der Waals surface area contributed by atoms with Crippen molar-refractivity contribution in [2.24, 2.45) is 0 Å². The van der Waals surface area contributed by atoms with Crippen LogP contribution >= 0.6 is 0 Å². The van der Waals surface area contributed by atoms with E-state index in [9.17, 15) is 8.78 Å². The Morgan fingerprint density at radius 1 is 1.36 bits per heavy atom. The van der Waals surface area contributed by atoms with Gasteiger partial charge in [-0.15, -0.1) is 0 Å². The average Bonchev–Trinajstić information content (AvgIpc) is 2.94. The number of halogens is 2. The summed E-state index contributed by atoms with van der Waals surface area (Å²) in [5.41, 5.74) is 2.28. The van der Waals surface area contributed by atoms with Gasteiger partial charge in [-0.05, 0) is 31.4 Å². The molecular formula is C16H20F2N4. The highest BCUT2D eigenvalue weighted by atomic mass is 19.3. The van der Waals surface area contributed by atoms with Gasteiger partial charge in [0, 0.05) is 48.5 Å². The van der Waals surface area contributed by atoms with Gasteiger partial charge < -0.3 is 15.6 Å². The van der Waals surface area contributed by atoms with Gasteiger partial charge >= 0.3 is 0 Å². The Labute approximate surface area is 127 Å². The van der Waals surface area contributed by atoms with Gasteiger partial charge in [-0.3, -0.25) is 0 Å². The summed E-state index contributed by atoms with van der Waals surface area (Å²) < 4.78 is 26.9. The summed E-state index contributed by atoms with van der Waals surface area (Å²) in [4.78, 5) is 7.30. The van der Waals surface area contributed by atoms with Gasteiger partial charge in [0.25, 0.3) is 5.92 Å². The summed E-state index contributed by atoms with van der Waals surface area (Å²) in [5.74, 6) is -3.24. The van der Waals surface area contributed by atoms with E-state index in [1.54, 1.807) is 12.4 Å². The van der Waals surface area contributed by atoms with Crippen LogP contribution in [-0.4, -0.2) is 34.5 Å². The van der Waals surface area contributed by atoms with Gasteiger partial charge in [0.05, 0.1) is 5.92 Å². The Bertz CT molecular complexity index is 689. The first-order valence-electron chi connectivity index (χ1n) is 7.88. The Balaban J connectivity index is 1.64. The topological polar surface area (TPSA) is 52.7 Å². The van der Waals surface area contributed by atoms with Crippen molar-refractivity contribution in [3.8, 4) is 0 Å². The Morgan fingerprint density at radius 2 is 2.18 bits per heavy atom. The Hall–Kier alpha value is -1.69. The number of fused-ring (bicyclic) bond motifs is 1. The molecule has 3 unspecified atom stereocenters. The van der Waals surface area contributed by atoms with E-state index in [1.807, 2.05) is 6.07 Å². The van der Waals surface area contributed by atoms with E-state index in [-0.39, 0.29) is 6.42 Å². The SMILES string of the molecule is CC1CCC(Nc2ccnc3[nH]cc(C4CC4(F)F)c23)CN1. The van der Waals surface area contributed by atoms with E-state index >= 15 is 0 Å². The van der Waals surface area contributed by atoms with Crippen LogP contribution in [0.3, 0.4) is 0 Å².